The number of carbonyl (C=O) groups is 2. The zero-order chi connectivity index (χ0) is 22.1. The average molecular weight is 458 g/mol. The fourth-order valence-corrected chi connectivity index (χ4v) is 4.71. The van der Waals surface area contributed by atoms with E-state index in [0.29, 0.717) is 34.2 Å². The van der Waals surface area contributed by atoms with Crippen LogP contribution in [0.4, 0.5) is 0 Å². The molecule has 0 spiro atoms. The van der Waals surface area contributed by atoms with Crippen molar-refractivity contribution in [2.24, 2.45) is 0 Å². The summed E-state index contributed by atoms with van der Waals surface area (Å²) in [6, 6.07) is 13.2. The normalized spacial score (nSPS) is 22.1. The Labute approximate surface area is 192 Å². The van der Waals surface area contributed by atoms with E-state index in [4.69, 9.17) is 27.9 Å². The number of ketones is 1. The molecule has 3 unspecified atom stereocenters. The maximum absolute atomic E-state index is 13.3. The van der Waals surface area contributed by atoms with E-state index in [-0.39, 0.29) is 36.1 Å². The van der Waals surface area contributed by atoms with Crippen LogP contribution < -0.4 is 10.1 Å². The molecule has 1 amide bonds. The number of carbonyl (C=O) groups excluding carboxylic acids is 2. The largest absolute Gasteiger partial charge is 0.490 e. The molecule has 1 aliphatic carbocycles. The van der Waals surface area contributed by atoms with Crippen molar-refractivity contribution in [2.75, 3.05) is 0 Å². The van der Waals surface area contributed by atoms with Gasteiger partial charge in [0.2, 0.25) is 5.91 Å². The maximum Gasteiger partial charge on any atom is 0.225 e. The topological polar surface area (TPSA) is 55.4 Å². The minimum Gasteiger partial charge on any atom is -0.490 e. The SMILES string of the molecule is CCC(C)Oc1ccccc1C1CC(=O)NC2=C1C(=O)CC(c1ccc(Cl)c(Cl)c1)C2. The molecular formula is C25H25Cl2NO3. The Hall–Kier alpha value is -2.30. The van der Waals surface area contributed by atoms with Crippen molar-refractivity contribution >= 4 is 34.9 Å². The summed E-state index contributed by atoms with van der Waals surface area (Å²) in [4.78, 5) is 25.9. The third-order valence-corrected chi connectivity index (χ3v) is 6.89. The molecule has 6 heteroatoms. The molecule has 1 N–H and O–H groups in total. The van der Waals surface area contributed by atoms with Crippen molar-refractivity contribution in [1.29, 1.82) is 0 Å². The van der Waals surface area contributed by atoms with E-state index in [2.05, 4.69) is 12.2 Å². The molecule has 0 bridgehead atoms. The molecule has 0 saturated heterocycles. The standard InChI is InChI=1S/C25H25Cl2NO3/c1-3-14(2)31-23-7-5-4-6-17(23)18-13-24(30)28-21-11-16(12-22(29)25(18)21)15-8-9-19(26)20(27)10-15/h4-10,14,16,18H,3,11-13H2,1-2H3,(H,28,30). The number of ether oxygens (including phenoxy) is 1. The van der Waals surface area contributed by atoms with Gasteiger partial charge in [-0.3, -0.25) is 9.59 Å². The van der Waals surface area contributed by atoms with Gasteiger partial charge in [-0.05, 0) is 49.4 Å². The number of amides is 1. The highest BCUT2D eigenvalue weighted by Gasteiger charge is 2.39. The fraction of sp³-hybridized carbons (Fsp3) is 0.360. The number of hydrogen-bond donors (Lipinski definition) is 1. The van der Waals surface area contributed by atoms with Crippen LogP contribution in [0.2, 0.25) is 10.0 Å². The van der Waals surface area contributed by atoms with Crippen molar-refractivity contribution < 1.29 is 14.3 Å². The number of hydrogen-bond acceptors (Lipinski definition) is 3. The van der Waals surface area contributed by atoms with E-state index in [1.807, 2.05) is 43.3 Å². The van der Waals surface area contributed by atoms with Gasteiger partial charge in [0.1, 0.15) is 5.75 Å². The van der Waals surface area contributed by atoms with E-state index in [1.54, 1.807) is 6.07 Å². The van der Waals surface area contributed by atoms with E-state index >= 15 is 0 Å². The molecule has 0 saturated carbocycles. The lowest BCUT2D eigenvalue weighted by Gasteiger charge is -2.35. The molecule has 0 radical (unpaired) electrons. The van der Waals surface area contributed by atoms with Gasteiger partial charge < -0.3 is 10.1 Å². The summed E-state index contributed by atoms with van der Waals surface area (Å²) in [5.41, 5.74) is 3.26. The number of rotatable bonds is 5. The predicted octanol–water partition coefficient (Wildman–Crippen LogP) is 6.18. The lowest BCUT2D eigenvalue weighted by Crippen LogP contribution is -2.38. The third-order valence-electron chi connectivity index (χ3n) is 6.15. The monoisotopic (exact) mass is 457 g/mol. The number of benzene rings is 2. The summed E-state index contributed by atoms with van der Waals surface area (Å²) >= 11 is 12.2. The fourth-order valence-electron chi connectivity index (χ4n) is 4.40. The molecule has 2 aromatic rings. The highest BCUT2D eigenvalue weighted by Crippen LogP contribution is 2.45. The van der Waals surface area contributed by atoms with Crippen LogP contribution in [0.3, 0.4) is 0 Å². The van der Waals surface area contributed by atoms with Crippen molar-refractivity contribution in [1.82, 2.24) is 5.32 Å². The van der Waals surface area contributed by atoms with Gasteiger partial charge in [-0.25, -0.2) is 0 Å². The van der Waals surface area contributed by atoms with Crippen LogP contribution in [0.25, 0.3) is 0 Å². The molecule has 2 aliphatic rings. The maximum atomic E-state index is 13.3. The van der Waals surface area contributed by atoms with Crippen molar-refractivity contribution in [3.8, 4) is 5.75 Å². The van der Waals surface area contributed by atoms with Gasteiger partial charge >= 0.3 is 0 Å². The first kappa shape index (κ1) is 21.9. The third kappa shape index (κ3) is 4.51. The van der Waals surface area contributed by atoms with E-state index in [1.165, 1.54) is 0 Å². The lowest BCUT2D eigenvalue weighted by atomic mass is 9.73. The lowest BCUT2D eigenvalue weighted by molar-refractivity contribution is -0.122. The second-order valence-corrected chi connectivity index (χ2v) is 9.09. The van der Waals surface area contributed by atoms with Gasteiger partial charge in [0.05, 0.1) is 16.1 Å². The molecule has 2 aromatic carbocycles. The minimum atomic E-state index is -0.300. The van der Waals surface area contributed by atoms with Crippen LogP contribution in [-0.4, -0.2) is 17.8 Å². The van der Waals surface area contributed by atoms with Crippen LogP contribution in [0, 0.1) is 0 Å². The number of halogens is 2. The number of nitrogens with one attached hydrogen (secondary N) is 1. The molecule has 4 rings (SSSR count). The van der Waals surface area contributed by atoms with Crippen molar-refractivity contribution in [3.63, 3.8) is 0 Å². The van der Waals surface area contributed by atoms with Gasteiger partial charge in [-0.2, -0.15) is 0 Å². The summed E-state index contributed by atoms with van der Waals surface area (Å²) in [6.45, 7) is 4.08. The van der Waals surface area contributed by atoms with Gasteiger partial charge in [-0.15, -0.1) is 0 Å². The Kier molecular flexibility index (Phi) is 6.40. The second-order valence-electron chi connectivity index (χ2n) is 8.27. The zero-order valence-electron chi connectivity index (χ0n) is 17.6. The van der Waals surface area contributed by atoms with Crippen LogP contribution in [-0.2, 0) is 9.59 Å². The number of para-hydroxylation sites is 1. The minimum absolute atomic E-state index is 0.0492. The van der Waals surface area contributed by atoms with Gasteiger partial charge in [0.25, 0.3) is 0 Å². The first-order valence-electron chi connectivity index (χ1n) is 10.6. The predicted molar refractivity (Wildman–Crippen MR) is 123 cm³/mol. The first-order chi connectivity index (χ1) is 14.9. The number of allylic oxidation sites excluding steroid dienone is 2. The second kappa shape index (κ2) is 9.05. The van der Waals surface area contributed by atoms with Gasteiger partial charge in [0.15, 0.2) is 5.78 Å². The van der Waals surface area contributed by atoms with Crippen molar-refractivity contribution in [2.45, 2.75) is 57.5 Å². The molecule has 3 atom stereocenters. The van der Waals surface area contributed by atoms with E-state index < -0.39 is 0 Å². The molecule has 162 valence electrons. The molecule has 1 aliphatic heterocycles. The van der Waals surface area contributed by atoms with Crippen LogP contribution in [0.15, 0.2) is 53.7 Å². The zero-order valence-corrected chi connectivity index (χ0v) is 19.1. The summed E-state index contributed by atoms with van der Waals surface area (Å²) < 4.78 is 6.12. The highest BCUT2D eigenvalue weighted by atomic mass is 35.5. The highest BCUT2D eigenvalue weighted by molar-refractivity contribution is 6.42. The van der Waals surface area contributed by atoms with E-state index in [9.17, 15) is 9.59 Å². The summed E-state index contributed by atoms with van der Waals surface area (Å²) in [5.74, 6) is 0.367. The molecule has 0 aromatic heterocycles. The molecule has 0 fully saturated rings. The quantitative estimate of drug-likeness (QED) is 0.583. The first-order valence-corrected chi connectivity index (χ1v) is 11.4. The smallest absolute Gasteiger partial charge is 0.225 e. The summed E-state index contributed by atoms with van der Waals surface area (Å²) in [7, 11) is 0. The number of Topliss-reactive ketones (excluding diaryl/α,β-unsaturated/α-hetero) is 1. The van der Waals surface area contributed by atoms with Crippen LogP contribution in [0.1, 0.15) is 62.5 Å². The summed E-state index contributed by atoms with van der Waals surface area (Å²) in [5, 5.41) is 3.91. The van der Waals surface area contributed by atoms with Crippen molar-refractivity contribution in [3.05, 3.63) is 74.9 Å². The van der Waals surface area contributed by atoms with Gasteiger partial charge in [0, 0.05) is 35.6 Å². The van der Waals surface area contributed by atoms with Gasteiger partial charge in [-0.1, -0.05) is 54.4 Å². The molecule has 31 heavy (non-hydrogen) atoms. The molecule has 1 heterocycles. The Morgan fingerprint density at radius 3 is 2.58 bits per heavy atom. The van der Waals surface area contributed by atoms with E-state index in [0.717, 1.165) is 23.3 Å². The Morgan fingerprint density at radius 1 is 1.06 bits per heavy atom. The molecule has 4 nitrogen and oxygen atoms in total. The van der Waals surface area contributed by atoms with Crippen LogP contribution in [0.5, 0.6) is 5.75 Å². The average Bonchev–Trinajstić information content (AvgIpc) is 2.75. The Bertz CT molecular complexity index is 1060. The molecular weight excluding hydrogens is 433 g/mol. The summed E-state index contributed by atoms with van der Waals surface area (Å²) in [6.07, 6.45) is 2.11. The Morgan fingerprint density at radius 2 is 1.84 bits per heavy atom. The van der Waals surface area contributed by atoms with Crippen LogP contribution >= 0.6 is 23.2 Å². The Balaban J connectivity index is 1.71.